The number of rotatable bonds is 3. The maximum absolute atomic E-state index is 2.53. The molecule has 0 heterocycles. The van der Waals surface area contributed by atoms with Gasteiger partial charge in [0, 0.05) is 10.8 Å². The van der Waals surface area contributed by atoms with Crippen molar-refractivity contribution in [3.63, 3.8) is 0 Å². The van der Waals surface area contributed by atoms with Crippen molar-refractivity contribution in [1.82, 2.24) is 0 Å². The summed E-state index contributed by atoms with van der Waals surface area (Å²) >= 11 is 0. The first-order chi connectivity index (χ1) is 26.3. The van der Waals surface area contributed by atoms with Crippen molar-refractivity contribution < 1.29 is 0 Å². The molecule has 0 heteroatoms. The van der Waals surface area contributed by atoms with E-state index < -0.39 is 0 Å². The lowest BCUT2D eigenvalue weighted by Gasteiger charge is -2.26. The molecule has 0 saturated carbocycles. The first-order valence-corrected chi connectivity index (χ1v) is 19.3. The van der Waals surface area contributed by atoms with Crippen LogP contribution in [0.1, 0.15) is 49.9 Å². The van der Waals surface area contributed by atoms with Crippen LogP contribution in [0.3, 0.4) is 0 Å². The molecule has 0 fully saturated rings. The van der Waals surface area contributed by atoms with Crippen molar-refractivity contribution in [1.29, 1.82) is 0 Å². The summed E-state index contributed by atoms with van der Waals surface area (Å²) in [6, 6.07) is 63.8. The number of fused-ring (bicyclic) bond motifs is 9. The minimum absolute atomic E-state index is 0.00621. The quantitative estimate of drug-likeness (QED) is 0.162. The summed E-state index contributed by atoms with van der Waals surface area (Å²) in [5.74, 6) is 0. The van der Waals surface area contributed by atoms with Crippen molar-refractivity contribution in [2.24, 2.45) is 0 Å². The van der Waals surface area contributed by atoms with Gasteiger partial charge in [0.2, 0.25) is 0 Å². The molecule has 54 heavy (non-hydrogen) atoms. The van der Waals surface area contributed by atoms with E-state index in [2.05, 4.69) is 198 Å². The maximum atomic E-state index is 2.53. The van der Waals surface area contributed by atoms with E-state index in [1.165, 1.54) is 110 Å². The summed E-state index contributed by atoms with van der Waals surface area (Å²) in [4.78, 5) is 0. The zero-order valence-electron chi connectivity index (χ0n) is 31.2. The second kappa shape index (κ2) is 11.1. The van der Waals surface area contributed by atoms with E-state index in [-0.39, 0.29) is 10.8 Å². The van der Waals surface area contributed by atoms with Gasteiger partial charge in [-0.1, -0.05) is 173 Å². The van der Waals surface area contributed by atoms with E-state index in [1.54, 1.807) is 0 Å². The normalized spacial score (nSPS) is 14.6. The van der Waals surface area contributed by atoms with E-state index in [0.29, 0.717) is 0 Å². The summed E-state index contributed by atoms with van der Waals surface area (Å²) in [5.41, 5.74) is 18.8. The lowest BCUT2D eigenvalue weighted by Crippen LogP contribution is -2.18. The Hall–Kier alpha value is -6.24. The summed E-state index contributed by atoms with van der Waals surface area (Å²) in [6.45, 7) is 9.58. The Balaban J connectivity index is 1.01. The van der Waals surface area contributed by atoms with Crippen LogP contribution in [0, 0.1) is 0 Å². The summed E-state index contributed by atoms with van der Waals surface area (Å²) in [5, 5.41) is 7.64. The molecule has 9 aromatic carbocycles. The van der Waals surface area contributed by atoms with Gasteiger partial charge in [-0.2, -0.15) is 0 Å². The molecule has 9 aromatic rings. The average molecular weight is 689 g/mol. The predicted octanol–water partition coefficient (Wildman–Crippen LogP) is 14.8. The Morgan fingerprint density at radius 1 is 0.278 bits per heavy atom. The highest BCUT2D eigenvalue weighted by Crippen LogP contribution is 2.56. The van der Waals surface area contributed by atoms with E-state index in [9.17, 15) is 0 Å². The second-order valence-corrected chi connectivity index (χ2v) is 16.5. The molecule has 0 saturated heterocycles. The highest BCUT2D eigenvalue weighted by molar-refractivity contribution is 6.21. The summed E-state index contributed by atoms with van der Waals surface area (Å²) in [6.07, 6.45) is 0. The second-order valence-electron chi connectivity index (χ2n) is 16.5. The minimum Gasteiger partial charge on any atom is -0.0622 e. The molecule has 0 N–H and O–H groups in total. The van der Waals surface area contributed by atoms with Gasteiger partial charge in [-0.15, -0.1) is 0 Å². The number of benzene rings is 9. The van der Waals surface area contributed by atoms with Crippen LogP contribution < -0.4 is 0 Å². The van der Waals surface area contributed by atoms with Crippen LogP contribution in [0.5, 0.6) is 0 Å². The van der Waals surface area contributed by atoms with Crippen LogP contribution in [-0.4, -0.2) is 0 Å². The van der Waals surface area contributed by atoms with Gasteiger partial charge in [-0.25, -0.2) is 0 Å². The summed E-state index contributed by atoms with van der Waals surface area (Å²) < 4.78 is 0. The molecule has 0 bridgehead atoms. The number of hydrogen-bond donors (Lipinski definition) is 0. The fraction of sp³-hybridized carbons (Fsp3) is 0.111. The highest BCUT2D eigenvalue weighted by Gasteiger charge is 2.41. The molecular weight excluding hydrogens is 649 g/mol. The Kier molecular flexibility index (Phi) is 6.46. The van der Waals surface area contributed by atoms with E-state index >= 15 is 0 Å². The monoisotopic (exact) mass is 688 g/mol. The zero-order valence-corrected chi connectivity index (χ0v) is 31.2. The molecule has 0 atom stereocenters. The fourth-order valence-electron chi connectivity index (χ4n) is 10.0. The molecule has 11 rings (SSSR count). The molecule has 0 amide bonds. The van der Waals surface area contributed by atoms with Gasteiger partial charge in [0.05, 0.1) is 0 Å². The van der Waals surface area contributed by atoms with Crippen LogP contribution >= 0.6 is 0 Å². The SMILES string of the molecule is CC1(C)c2ccccc2-c2cc3c(cc21)C(C)(C)c1cc(-c2ccc4cc(-c5c6ccccc6c(-c6ccccc6)c6ccccc56)ccc4c2)ccc1-3. The Morgan fingerprint density at radius 3 is 1.37 bits per heavy atom. The fourth-order valence-corrected chi connectivity index (χ4v) is 10.0. The molecule has 0 spiro atoms. The predicted molar refractivity (Wildman–Crippen MR) is 230 cm³/mol. The van der Waals surface area contributed by atoms with Crippen molar-refractivity contribution in [3.8, 4) is 55.6 Å². The molecule has 0 aliphatic heterocycles. The maximum Gasteiger partial charge on any atom is 0.0159 e. The topological polar surface area (TPSA) is 0 Å². The average Bonchev–Trinajstić information content (AvgIpc) is 3.57. The largest absolute Gasteiger partial charge is 0.0622 e. The number of hydrogen-bond acceptors (Lipinski definition) is 0. The standard InChI is InChI=1S/C54H40/c1-53(2)47-21-13-12-16-39(47)45-31-46-40-27-26-37(30-48(40)54(3,4)50(46)32-49(45)53)35-22-23-36-29-38(25-24-34(36)28-35)52-43-19-10-8-17-41(43)51(33-14-6-5-7-15-33)42-18-9-11-20-44(42)52/h5-32H,1-4H3. The molecule has 2 aliphatic carbocycles. The molecular formula is C54H40. The Labute approximate surface area is 317 Å². The van der Waals surface area contributed by atoms with Crippen LogP contribution in [0.2, 0.25) is 0 Å². The summed E-state index contributed by atoms with van der Waals surface area (Å²) in [7, 11) is 0. The smallest absolute Gasteiger partial charge is 0.0159 e. The van der Waals surface area contributed by atoms with Gasteiger partial charge >= 0.3 is 0 Å². The molecule has 2 aliphatic rings. The first kappa shape index (κ1) is 31.3. The molecule has 0 radical (unpaired) electrons. The van der Waals surface area contributed by atoms with Crippen LogP contribution in [-0.2, 0) is 10.8 Å². The van der Waals surface area contributed by atoms with Crippen molar-refractivity contribution in [3.05, 3.63) is 192 Å². The van der Waals surface area contributed by atoms with Crippen LogP contribution in [0.25, 0.3) is 88.0 Å². The van der Waals surface area contributed by atoms with Crippen molar-refractivity contribution in [2.75, 3.05) is 0 Å². The third-order valence-corrected chi connectivity index (χ3v) is 12.8. The molecule has 256 valence electrons. The van der Waals surface area contributed by atoms with Gasteiger partial charge < -0.3 is 0 Å². The first-order valence-electron chi connectivity index (χ1n) is 19.3. The Bertz CT molecular complexity index is 2970. The van der Waals surface area contributed by atoms with Gasteiger partial charge in [0.25, 0.3) is 0 Å². The molecule has 0 nitrogen and oxygen atoms in total. The van der Waals surface area contributed by atoms with Gasteiger partial charge in [-0.3, -0.25) is 0 Å². The van der Waals surface area contributed by atoms with Crippen LogP contribution in [0.15, 0.2) is 170 Å². The van der Waals surface area contributed by atoms with Crippen LogP contribution in [0.4, 0.5) is 0 Å². The van der Waals surface area contributed by atoms with Crippen molar-refractivity contribution >= 4 is 32.3 Å². The van der Waals surface area contributed by atoms with E-state index in [4.69, 9.17) is 0 Å². The molecule has 0 aromatic heterocycles. The van der Waals surface area contributed by atoms with E-state index in [1.807, 2.05) is 0 Å². The molecule has 0 unspecified atom stereocenters. The van der Waals surface area contributed by atoms with Gasteiger partial charge in [-0.05, 0) is 134 Å². The third-order valence-electron chi connectivity index (χ3n) is 12.8. The lowest BCUT2D eigenvalue weighted by atomic mass is 9.77. The van der Waals surface area contributed by atoms with Crippen molar-refractivity contribution in [2.45, 2.75) is 38.5 Å². The lowest BCUT2D eigenvalue weighted by molar-refractivity contribution is 0.639. The van der Waals surface area contributed by atoms with Gasteiger partial charge in [0.15, 0.2) is 0 Å². The third kappa shape index (κ3) is 4.32. The van der Waals surface area contributed by atoms with E-state index in [0.717, 1.165) is 0 Å². The minimum atomic E-state index is -0.0894. The van der Waals surface area contributed by atoms with Gasteiger partial charge in [0.1, 0.15) is 0 Å². The highest BCUT2D eigenvalue weighted by atomic mass is 14.4. The Morgan fingerprint density at radius 2 is 0.722 bits per heavy atom. The zero-order chi connectivity index (χ0) is 36.3.